The second-order valence-electron chi connectivity index (χ2n) is 6.10. The molecule has 0 fully saturated rings. The standard InChI is InChI=1S/C18H27N3/c1-6-7-18-17(12-21(5)20-18)16-10-15(9-8-14(16)4)11-19-13(2)3/h8-10,12-13,19H,6-7,11H2,1-5H3. The van der Waals surface area contributed by atoms with Crippen LogP contribution < -0.4 is 5.32 Å². The lowest BCUT2D eigenvalue weighted by atomic mass is 9.97. The molecule has 0 radical (unpaired) electrons. The zero-order valence-corrected chi connectivity index (χ0v) is 13.9. The third kappa shape index (κ3) is 3.94. The minimum Gasteiger partial charge on any atom is -0.310 e. The highest BCUT2D eigenvalue weighted by atomic mass is 15.2. The molecule has 114 valence electrons. The van der Waals surface area contributed by atoms with E-state index in [0.717, 1.165) is 19.4 Å². The molecule has 0 aliphatic rings. The molecule has 1 N–H and O–H groups in total. The molecule has 21 heavy (non-hydrogen) atoms. The van der Waals surface area contributed by atoms with E-state index >= 15 is 0 Å². The summed E-state index contributed by atoms with van der Waals surface area (Å²) >= 11 is 0. The first kappa shape index (κ1) is 15.8. The van der Waals surface area contributed by atoms with Gasteiger partial charge in [0.2, 0.25) is 0 Å². The van der Waals surface area contributed by atoms with E-state index in [1.807, 2.05) is 11.7 Å². The molecule has 0 atom stereocenters. The highest BCUT2D eigenvalue weighted by molar-refractivity contribution is 5.69. The van der Waals surface area contributed by atoms with Gasteiger partial charge in [0.15, 0.2) is 0 Å². The van der Waals surface area contributed by atoms with Gasteiger partial charge in [-0.3, -0.25) is 4.68 Å². The fourth-order valence-corrected chi connectivity index (χ4v) is 2.57. The minimum absolute atomic E-state index is 0.504. The summed E-state index contributed by atoms with van der Waals surface area (Å²) in [6.45, 7) is 9.64. The molecule has 2 rings (SSSR count). The zero-order valence-electron chi connectivity index (χ0n) is 13.9. The van der Waals surface area contributed by atoms with Crippen LogP contribution in [-0.4, -0.2) is 15.8 Å². The van der Waals surface area contributed by atoms with Gasteiger partial charge in [-0.15, -0.1) is 0 Å². The predicted molar refractivity (Wildman–Crippen MR) is 89.4 cm³/mol. The van der Waals surface area contributed by atoms with Gasteiger partial charge in [-0.25, -0.2) is 0 Å². The van der Waals surface area contributed by atoms with Crippen LogP contribution in [0.1, 0.15) is 44.0 Å². The summed E-state index contributed by atoms with van der Waals surface area (Å²) in [4.78, 5) is 0. The van der Waals surface area contributed by atoms with E-state index in [2.05, 4.69) is 62.5 Å². The Hall–Kier alpha value is -1.61. The molecule has 1 aromatic carbocycles. The summed E-state index contributed by atoms with van der Waals surface area (Å²) < 4.78 is 1.93. The van der Waals surface area contributed by atoms with Gasteiger partial charge >= 0.3 is 0 Å². The fourth-order valence-electron chi connectivity index (χ4n) is 2.57. The number of rotatable bonds is 6. The van der Waals surface area contributed by atoms with Crippen molar-refractivity contribution in [1.82, 2.24) is 15.1 Å². The van der Waals surface area contributed by atoms with E-state index in [1.54, 1.807) is 0 Å². The van der Waals surface area contributed by atoms with Crippen LogP contribution in [0.5, 0.6) is 0 Å². The van der Waals surface area contributed by atoms with Gasteiger partial charge in [-0.2, -0.15) is 5.10 Å². The monoisotopic (exact) mass is 285 g/mol. The average molecular weight is 285 g/mol. The maximum atomic E-state index is 4.62. The number of nitrogens with one attached hydrogen (secondary N) is 1. The first-order valence-corrected chi connectivity index (χ1v) is 7.87. The van der Waals surface area contributed by atoms with E-state index in [4.69, 9.17) is 0 Å². The lowest BCUT2D eigenvalue weighted by Crippen LogP contribution is -2.21. The molecule has 3 heteroatoms. The molecular formula is C18H27N3. The third-order valence-corrected chi connectivity index (χ3v) is 3.70. The van der Waals surface area contributed by atoms with Crippen molar-refractivity contribution in [2.45, 2.75) is 53.1 Å². The quantitative estimate of drug-likeness (QED) is 0.873. The van der Waals surface area contributed by atoms with Crippen LogP contribution in [0.3, 0.4) is 0 Å². The van der Waals surface area contributed by atoms with Crippen molar-refractivity contribution >= 4 is 0 Å². The maximum absolute atomic E-state index is 4.62. The van der Waals surface area contributed by atoms with Crippen LogP contribution in [0.25, 0.3) is 11.1 Å². The second-order valence-corrected chi connectivity index (χ2v) is 6.10. The SMILES string of the molecule is CCCc1nn(C)cc1-c1cc(CNC(C)C)ccc1C. The van der Waals surface area contributed by atoms with Crippen molar-refractivity contribution in [3.05, 3.63) is 41.2 Å². The molecule has 0 unspecified atom stereocenters. The molecular weight excluding hydrogens is 258 g/mol. The minimum atomic E-state index is 0.504. The van der Waals surface area contributed by atoms with Gasteiger partial charge in [0.1, 0.15) is 0 Å². The van der Waals surface area contributed by atoms with Gasteiger partial charge in [-0.1, -0.05) is 39.3 Å². The molecule has 0 spiro atoms. The predicted octanol–water partition coefficient (Wildman–Crippen LogP) is 3.85. The summed E-state index contributed by atoms with van der Waals surface area (Å²) in [5, 5.41) is 8.11. The van der Waals surface area contributed by atoms with Gasteiger partial charge in [0.25, 0.3) is 0 Å². The molecule has 0 aliphatic carbocycles. The van der Waals surface area contributed by atoms with E-state index in [9.17, 15) is 0 Å². The summed E-state index contributed by atoms with van der Waals surface area (Å²) in [6, 6.07) is 7.24. The largest absolute Gasteiger partial charge is 0.310 e. The summed E-state index contributed by atoms with van der Waals surface area (Å²) in [7, 11) is 2.00. The van der Waals surface area contributed by atoms with Crippen molar-refractivity contribution in [3.8, 4) is 11.1 Å². The topological polar surface area (TPSA) is 29.9 Å². The van der Waals surface area contributed by atoms with Crippen LogP contribution >= 0.6 is 0 Å². The number of aryl methyl sites for hydroxylation is 3. The van der Waals surface area contributed by atoms with Crippen molar-refractivity contribution < 1.29 is 0 Å². The van der Waals surface area contributed by atoms with Crippen molar-refractivity contribution in [2.24, 2.45) is 7.05 Å². The Kier molecular flexibility index (Phi) is 5.18. The molecule has 0 saturated heterocycles. The molecule has 0 saturated carbocycles. The molecule has 0 bridgehead atoms. The Morgan fingerprint density at radius 1 is 1.24 bits per heavy atom. The van der Waals surface area contributed by atoms with Gasteiger partial charge in [-0.05, 0) is 36.1 Å². The van der Waals surface area contributed by atoms with Crippen LogP contribution in [0.2, 0.25) is 0 Å². The smallest absolute Gasteiger partial charge is 0.0702 e. The van der Waals surface area contributed by atoms with E-state index < -0.39 is 0 Å². The maximum Gasteiger partial charge on any atom is 0.0702 e. The molecule has 3 nitrogen and oxygen atoms in total. The summed E-state index contributed by atoms with van der Waals surface area (Å²) in [6.07, 6.45) is 4.30. The van der Waals surface area contributed by atoms with Crippen LogP contribution in [0, 0.1) is 6.92 Å². The van der Waals surface area contributed by atoms with Crippen molar-refractivity contribution in [2.75, 3.05) is 0 Å². The van der Waals surface area contributed by atoms with Gasteiger partial charge < -0.3 is 5.32 Å². The number of nitrogens with zero attached hydrogens (tertiary/aromatic N) is 2. The van der Waals surface area contributed by atoms with E-state index in [1.165, 1.54) is 27.9 Å². The molecule has 0 aliphatic heterocycles. The number of hydrogen-bond donors (Lipinski definition) is 1. The number of hydrogen-bond acceptors (Lipinski definition) is 2. The number of aromatic nitrogens is 2. The Labute approximate surface area is 128 Å². The van der Waals surface area contributed by atoms with Crippen LogP contribution in [0.4, 0.5) is 0 Å². The Bertz CT molecular complexity index is 597. The average Bonchev–Trinajstić information content (AvgIpc) is 2.79. The van der Waals surface area contributed by atoms with Gasteiger partial charge in [0.05, 0.1) is 5.69 Å². The number of benzene rings is 1. The van der Waals surface area contributed by atoms with Crippen molar-refractivity contribution in [3.63, 3.8) is 0 Å². The normalized spacial score (nSPS) is 11.3. The summed E-state index contributed by atoms with van der Waals surface area (Å²) in [5.41, 5.74) is 6.44. The zero-order chi connectivity index (χ0) is 15.4. The lowest BCUT2D eigenvalue weighted by molar-refractivity contribution is 0.589. The van der Waals surface area contributed by atoms with Crippen LogP contribution in [0.15, 0.2) is 24.4 Å². The first-order valence-electron chi connectivity index (χ1n) is 7.87. The van der Waals surface area contributed by atoms with Crippen molar-refractivity contribution in [1.29, 1.82) is 0 Å². The Morgan fingerprint density at radius 3 is 2.67 bits per heavy atom. The third-order valence-electron chi connectivity index (χ3n) is 3.70. The Morgan fingerprint density at radius 2 is 2.00 bits per heavy atom. The molecule has 2 aromatic rings. The highest BCUT2D eigenvalue weighted by Crippen LogP contribution is 2.28. The summed E-state index contributed by atoms with van der Waals surface area (Å²) in [5.74, 6) is 0. The molecule has 1 aromatic heterocycles. The van der Waals surface area contributed by atoms with E-state index in [0.29, 0.717) is 6.04 Å². The first-order chi connectivity index (χ1) is 10.0. The lowest BCUT2D eigenvalue weighted by Gasteiger charge is -2.12. The van der Waals surface area contributed by atoms with E-state index in [-0.39, 0.29) is 0 Å². The fraction of sp³-hybridized carbons (Fsp3) is 0.500. The second kappa shape index (κ2) is 6.90. The van der Waals surface area contributed by atoms with Gasteiger partial charge in [0, 0.05) is 31.4 Å². The van der Waals surface area contributed by atoms with Crippen LogP contribution in [-0.2, 0) is 20.0 Å². The highest BCUT2D eigenvalue weighted by Gasteiger charge is 2.12. The molecule has 0 amide bonds. The Balaban J connectivity index is 2.36. The molecule has 1 heterocycles.